The maximum absolute atomic E-state index is 5.77. The molecule has 0 saturated carbocycles. The summed E-state index contributed by atoms with van der Waals surface area (Å²) < 4.78 is 6.77. The normalized spacial score (nSPS) is 21.5. The molecule has 3 nitrogen and oxygen atoms in total. The van der Waals surface area contributed by atoms with Crippen LogP contribution in [-0.4, -0.2) is 24.2 Å². The van der Waals surface area contributed by atoms with Gasteiger partial charge in [-0.3, -0.25) is 4.98 Å². The molecule has 0 bridgehead atoms. The minimum atomic E-state index is 0.351. The number of pyridine rings is 1. The third kappa shape index (κ3) is 3.55. The van der Waals surface area contributed by atoms with Crippen LogP contribution in [0.15, 0.2) is 22.8 Å². The third-order valence-electron chi connectivity index (χ3n) is 2.51. The van der Waals surface area contributed by atoms with E-state index in [1.165, 1.54) is 6.42 Å². The number of rotatable bonds is 3. The van der Waals surface area contributed by atoms with Crippen LogP contribution in [-0.2, 0) is 11.3 Å². The summed E-state index contributed by atoms with van der Waals surface area (Å²) in [5, 5.41) is 3.33. The van der Waals surface area contributed by atoms with Gasteiger partial charge in [-0.05, 0) is 47.4 Å². The highest BCUT2D eigenvalue weighted by atomic mass is 79.9. The summed E-state index contributed by atoms with van der Waals surface area (Å²) in [7, 11) is 0. The van der Waals surface area contributed by atoms with E-state index in [9.17, 15) is 0 Å². The second-order valence-corrected chi connectivity index (χ2v) is 4.66. The van der Waals surface area contributed by atoms with E-state index < -0.39 is 0 Å². The van der Waals surface area contributed by atoms with E-state index in [0.29, 0.717) is 12.7 Å². The third-order valence-corrected chi connectivity index (χ3v) is 2.98. The van der Waals surface area contributed by atoms with Gasteiger partial charge in [0.1, 0.15) is 0 Å². The molecule has 0 unspecified atom stereocenters. The van der Waals surface area contributed by atoms with Gasteiger partial charge in [-0.25, -0.2) is 0 Å². The lowest BCUT2D eigenvalue weighted by Crippen LogP contribution is -2.35. The zero-order valence-corrected chi connectivity index (χ0v) is 10.2. The van der Waals surface area contributed by atoms with E-state index in [4.69, 9.17) is 4.74 Å². The van der Waals surface area contributed by atoms with Crippen LogP contribution < -0.4 is 5.32 Å². The first kappa shape index (κ1) is 11.0. The SMILES string of the molecule is Brc1ccc(CO[C@H]2CCCNC2)nc1. The van der Waals surface area contributed by atoms with Crippen molar-refractivity contribution in [2.24, 2.45) is 0 Å². The Kier molecular flexibility index (Phi) is 4.11. The number of nitrogens with one attached hydrogen (secondary N) is 1. The summed E-state index contributed by atoms with van der Waals surface area (Å²) in [4.78, 5) is 4.27. The zero-order valence-electron chi connectivity index (χ0n) is 8.58. The van der Waals surface area contributed by atoms with Crippen molar-refractivity contribution in [1.82, 2.24) is 10.3 Å². The van der Waals surface area contributed by atoms with Crippen LogP contribution in [0.3, 0.4) is 0 Å². The van der Waals surface area contributed by atoms with E-state index in [1.807, 2.05) is 12.1 Å². The molecule has 1 atom stereocenters. The minimum absolute atomic E-state index is 0.351. The highest BCUT2D eigenvalue weighted by Crippen LogP contribution is 2.11. The summed E-state index contributed by atoms with van der Waals surface area (Å²) in [6.07, 6.45) is 4.52. The van der Waals surface area contributed by atoms with E-state index in [0.717, 1.165) is 29.7 Å². The smallest absolute Gasteiger partial charge is 0.0892 e. The lowest BCUT2D eigenvalue weighted by Gasteiger charge is -2.22. The minimum Gasteiger partial charge on any atom is -0.371 e. The molecule has 1 N–H and O–H groups in total. The standard InChI is InChI=1S/C11H15BrN2O/c12-9-3-4-10(14-6-9)8-15-11-2-1-5-13-7-11/h3-4,6,11,13H,1-2,5,7-8H2/t11-/m0/s1. The van der Waals surface area contributed by atoms with Crippen LogP contribution in [0.5, 0.6) is 0 Å². The van der Waals surface area contributed by atoms with Gasteiger partial charge in [-0.2, -0.15) is 0 Å². The predicted octanol–water partition coefficient (Wildman–Crippen LogP) is 2.11. The van der Waals surface area contributed by atoms with Gasteiger partial charge in [0.25, 0.3) is 0 Å². The molecule has 1 aromatic heterocycles. The number of piperidine rings is 1. The van der Waals surface area contributed by atoms with Crippen molar-refractivity contribution in [3.63, 3.8) is 0 Å². The summed E-state index contributed by atoms with van der Waals surface area (Å²) in [5.41, 5.74) is 0.990. The molecule has 1 fully saturated rings. The average molecular weight is 271 g/mol. The highest BCUT2D eigenvalue weighted by molar-refractivity contribution is 9.10. The van der Waals surface area contributed by atoms with Gasteiger partial charge in [0.15, 0.2) is 0 Å². The Morgan fingerprint density at radius 3 is 3.13 bits per heavy atom. The van der Waals surface area contributed by atoms with E-state index in [2.05, 4.69) is 26.2 Å². The fourth-order valence-corrected chi connectivity index (χ4v) is 1.89. The van der Waals surface area contributed by atoms with Crippen molar-refractivity contribution in [3.8, 4) is 0 Å². The maximum atomic E-state index is 5.77. The van der Waals surface area contributed by atoms with Crippen LogP contribution in [0, 0.1) is 0 Å². The van der Waals surface area contributed by atoms with Crippen molar-refractivity contribution in [2.75, 3.05) is 13.1 Å². The van der Waals surface area contributed by atoms with Crippen molar-refractivity contribution < 1.29 is 4.74 Å². The Hall–Kier alpha value is -0.450. The second kappa shape index (κ2) is 5.58. The van der Waals surface area contributed by atoms with Crippen LogP contribution in [0.1, 0.15) is 18.5 Å². The molecule has 1 saturated heterocycles. The van der Waals surface area contributed by atoms with E-state index in [-0.39, 0.29) is 0 Å². The largest absolute Gasteiger partial charge is 0.371 e. The second-order valence-electron chi connectivity index (χ2n) is 3.75. The van der Waals surface area contributed by atoms with Crippen molar-refractivity contribution >= 4 is 15.9 Å². The quantitative estimate of drug-likeness (QED) is 0.914. The summed E-state index contributed by atoms with van der Waals surface area (Å²) in [6.45, 7) is 2.70. The van der Waals surface area contributed by atoms with Crippen LogP contribution in [0.25, 0.3) is 0 Å². The topological polar surface area (TPSA) is 34.1 Å². The summed E-state index contributed by atoms with van der Waals surface area (Å²) in [6, 6.07) is 3.98. The van der Waals surface area contributed by atoms with Crippen molar-refractivity contribution in [3.05, 3.63) is 28.5 Å². The molecule has 2 rings (SSSR count). The Morgan fingerprint density at radius 1 is 1.53 bits per heavy atom. The number of nitrogens with zero attached hydrogens (tertiary/aromatic N) is 1. The summed E-state index contributed by atoms with van der Waals surface area (Å²) in [5.74, 6) is 0. The van der Waals surface area contributed by atoms with E-state index >= 15 is 0 Å². The predicted molar refractivity (Wildman–Crippen MR) is 62.6 cm³/mol. The van der Waals surface area contributed by atoms with Gasteiger partial charge >= 0.3 is 0 Å². The molecule has 0 spiro atoms. The number of halogens is 1. The first-order chi connectivity index (χ1) is 7.34. The Labute approximate surface area is 98.4 Å². The first-order valence-electron chi connectivity index (χ1n) is 5.27. The Morgan fingerprint density at radius 2 is 2.47 bits per heavy atom. The highest BCUT2D eigenvalue weighted by Gasteiger charge is 2.13. The fraction of sp³-hybridized carbons (Fsp3) is 0.545. The number of hydrogen-bond donors (Lipinski definition) is 1. The maximum Gasteiger partial charge on any atom is 0.0892 e. The molecule has 4 heteroatoms. The number of hydrogen-bond acceptors (Lipinski definition) is 3. The zero-order chi connectivity index (χ0) is 10.5. The lowest BCUT2D eigenvalue weighted by atomic mass is 10.1. The lowest BCUT2D eigenvalue weighted by molar-refractivity contribution is 0.0236. The van der Waals surface area contributed by atoms with E-state index in [1.54, 1.807) is 6.20 Å². The molecule has 0 aliphatic carbocycles. The molecule has 1 aliphatic heterocycles. The van der Waals surface area contributed by atoms with Crippen molar-refractivity contribution in [1.29, 1.82) is 0 Å². The van der Waals surface area contributed by atoms with Gasteiger partial charge in [0, 0.05) is 17.2 Å². The molecule has 2 heterocycles. The Balaban J connectivity index is 1.79. The van der Waals surface area contributed by atoms with Gasteiger partial charge < -0.3 is 10.1 Å². The van der Waals surface area contributed by atoms with Crippen molar-refractivity contribution in [2.45, 2.75) is 25.6 Å². The van der Waals surface area contributed by atoms with Gasteiger partial charge in [0.05, 0.1) is 18.4 Å². The van der Waals surface area contributed by atoms with Crippen LogP contribution >= 0.6 is 15.9 Å². The first-order valence-corrected chi connectivity index (χ1v) is 6.06. The molecule has 1 aromatic rings. The molecular weight excluding hydrogens is 256 g/mol. The molecule has 0 radical (unpaired) electrons. The molecule has 0 amide bonds. The van der Waals surface area contributed by atoms with Crippen LogP contribution in [0.4, 0.5) is 0 Å². The van der Waals surface area contributed by atoms with Crippen LogP contribution in [0.2, 0.25) is 0 Å². The number of ether oxygens (including phenoxy) is 1. The molecular formula is C11H15BrN2O. The molecule has 1 aliphatic rings. The molecule has 15 heavy (non-hydrogen) atoms. The Bertz CT molecular complexity index is 296. The molecule has 82 valence electrons. The number of aromatic nitrogens is 1. The van der Waals surface area contributed by atoms with Gasteiger partial charge in [0.2, 0.25) is 0 Å². The monoisotopic (exact) mass is 270 g/mol. The fourth-order valence-electron chi connectivity index (χ4n) is 1.66. The average Bonchev–Trinajstić information content (AvgIpc) is 2.30. The van der Waals surface area contributed by atoms with Gasteiger partial charge in [-0.15, -0.1) is 0 Å². The molecule has 0 aromatic carbocycles. The summed E-state index contributed by atoms with van der Waals surface area (Å²) >= 11 is 3.36. The van der Waals surface area contributed by atoms with Gasteiger partial charge in [-0.1, -0.05) is 0 Å².